The molecule has 0 unspecified atom stereocenters. The van der Waals surface area contributed by atoms with Crippen molar-refractivity contribution in [2.75, 3.05) is 13.7 Å². The molecule has 0 aliphatic carbocycles. The molecular weight excluding hydrogens is 233 g/mol. The molecule has 0 fully saturated rings. The smallest absolute Gasteiger partial charge is 0.492 e. The third-order valence-corrected chi connectivity index (χ3v) is 1.91. The van der Waals surface area contributed by atoms with Crippen molar-refractivity contribution in [3.63, 3.8) is 0 Å². The zero-order chi connectivity index (χ0) is 11.3. The molecule has 4 nitrogen and oxygen atoms in total. The Kier molecular flexibility index (Phi) is 7.42. The Morgan fingerprint density at radius 1 is 1.56 bits per heavy atom. The van der Waals surface area contributed by atoms with E-state index in [1.54, 1.807) is 26.0 Å². The van der Waals surface area contributed by atoms with Gasteiger partial charge in [-0.3, -0.25) is 9.78 Å². The Bertz CT molecular complexity index is 327. The van der Waals surface area contributed by atoms with E-state index in [1.165, 1.54) is 13.3 Å². The van der Waals surface area contributed by atoms with Crippen LogP contribution in [0, 0.1) is 11.5 Å². The molecule has 0 radical (unpaired) electrons. The average Bonchev–Trinajstić information content (AvgIpc) is 2.27. The van der Waals surface area contributed by atoms with Crippen LogP contribution in [-0.4, -0.2) is 24.7 Å². The largest absolute Gasteiger partial charge is 1.00 e. The number of carbonyl (C=O) groups excluding carboxylic acids is 1. The summed E-state index contributed by atoms with van der Waals surface area (Å²) in [6.45, 7) is 3.75. The predicted molar refractivity (Wildman–Crippen MR) is 54.4 cm³/mol. The van der Waals surface area contributed by atoms with Crippen molar-refractivity contribution >= 4 is 5.97 Å². The van der Waals surface area contributed by atoms with Gasteiger partial charge in [-0.2, -0.15) is 0 Å². The fourth-order valence-electron chi connectivity index (χ4n) is 0.981. The minimum atomic E-state index is -0.671. The zero-order valence-corrected chi connectivity index (χ0v) is 13.2. The normalized spacial score (nSPS) is 10.2. The van der Waals surface area contributed by atoms with Gasteiger partial charge in [-0.1, -0.05) is 6.20 Å². The number of pyridine rings is 1. The molecule has 0 N–H and O–H groups in total. The van der Waals surface area contributed by atoms with Crippen LogP contribution in [0.25, 0.3) is 0 Å². The van der Waals surface area contributed by atoms with Crippen molar-refractivity contribution in [2.45, 2.75) is 13.8 Å². The summed E-state index contributed by atoms with van der Waals surface area (Å²) < 4.78 is 10.0. The van der Waals surface area contributed by atoms with Crippen molar-refractivity contribution < 1.29 is 65.7 Å². The maximum atomic E-state index is 11.3. The minimum Gasteiger partial charge on any atom is -0.492 e. The maximum absolute atomic E-state index is 11.3. The van der Waals surface area contributed by atoms with E-state index in [9.17, 15) is 4.79 Å². The fourth-order valence-corrected chi connectivity index (χ4v) is 0.981. The molecule has 1 aromatic heterocycles. The van der Waals surface area contributed by atoms with Crippen LogP contribution in [0.15, 0.2) is 18.3 Å². The van der Waals surface area contributed by atoms with E-state index in [0.717, 1.165) is 0 Å². The summed E-state index contributed by atoms with van der Waals surface area (Å²) in [5, 5.41) is 0. The molecule has 0 amide bonds. The van der Waals surface area contributed by atoms with Gasteiger partial charge in [0.2, 0.25) is 0 Å². The number of rotatable bonds is 4. The molecule has 16 heavy (non-hydrogen) atoms. The van der Waals surface area contributed by atoms with Crippen LogP contribution in [-0.2, 0) is 9.53 Å². The second kappa shape index (κ2) is 7.40. The molecule has 0 aromatic carbocycles. The molecule has 0 saturated heterocycles. The first-order valence-corrected chi connectivity index (χ1v) is 4.59. The van der Waals surface area contributed by atoms with Crippen molar-refractivity contribution in [3.8, 4) is 5.88 Å². The van der Waals surface area contributed by atoms with Crippen LogP contribution in [0.3, 0.4) is 0 Å². The predicted octanol–water partition coefficient (Wildman–Crippen LogP) is -1.54. The Labute approximate surface area is 138 Å². The molecule has 0 atom stereocenters. The van der Waals surface area contributed by atoms with Gasteiger partial charge in [0.15, 0.2) is 0 Å². The van der Waals surface area contributed by atoms with Crippen LogP contribution < -0.4 is 56.1 Å². The number of aromatic nitrogens is 1. The third kappa shape index (κ3) is 4.93. The maximum Gasteiger partial charge on any atom is 1.00 e. The van der Waals surface area contributed by atoms with Gasteiger partial charge in [0.05, 0.1) is 12.5 Å². The van der Waals surface area contributed by atoms with E-state index in [-0.39, 0.29) is 64.0 Å². The van der Waals surface area contributed by atoms with Gasteiger partial charge in [0, 0.05) is 0 Å². The quantitative estimate of drug-likeness (QED) is 0.368. The molecule has 0 aliphatic rings. The summed E-state index contributed by atoms with van der Waals surface area (Å²) in [5.41, 5.74) is -0.671. The molecule has 1 heterocycles. The minimum absolute atomic E-state index is 0. The number of hydrogen-bond acceptors (Lipinski definition) is 4. The van der Waals surface area contributed by atoms with E-state index < -0.39 is 5.41 Å². The van der Waals surface area contributed by atoms with E-state index in [2.05, 4.69) is 15.8 Å². The number of hydrogen-bond donors (Lipinski definition) is 0. The number of esters is 1. The van der Waals surface area contributed by atoms with Crippen LogP contribution in [0.4, 0.5) is 0 Å². The Morgan fingerprint density at radius 3 is 2.75 bits per heavy atom. The second-order valence-corrected chi connectivity index (χ2v) is 3.76. The van der Waals surface area contributed by atoms with Gasteiger partial charge in [-0.05, 0) is 13.8 Å². The van der Waals surface area contributed by atoms with Gasteiger partial charge in [0.25, 0.3) is 0 Å². The van der Waals surface area contributed by atoms with E-state index >= 15 is 0 Å². The first-order chi connectivity index (χ1) is 7.06. The SMILES string of the molecule is COC(=O)C(C)(C)COc1cc[c-]cn1.[K+]. The molecule has 0 aliphatic heterocycles. The van der Waals surface area contributed by atoms with E-state index in [1.807, 2.05) is 0 Å². The molecule has 0 bridgehead atoms. The average molecular weight is 247 g/mol. The molecule has 5 heteroatoms. The molecular formula is C11H14KNO3. The third-order valence-electron chi connectivity index (χ3n) is 1.91. The van der Waals surface area contributed by atoms with Gasteiger partial charge < -0.3 is 9.47 Å². The Hall–Kier alpha value is 0.0564. The topological polar surface area (TPSA) is 48.4 Å². The van der Waals surface area contributed by atoms with Crippen molar-refractivity contribution in [1.29, 1.82) is 0 Å². The van der Waals surface area contributed by atoms with Crippen molar-refractivity contribution in [1.82, 2.24) is 4.98 Å². The summed E-state index contributed by atoms with van der Waals surface area (Å²) in [4.78, 5) is 15.3. The molecule has 1 rings (SSSR count). The number of carbonyl (C=O) groups is 1. The van der Waals surface area contributed by atoms with Gasteiger partial charge in [0.1, 0.15) is 12.5 Å². The second-order valence-electron chi connectivity index (χ2n) is 3.76. The summed E-state index contributed by atoms with van der Waals surface area (Å²) in [7, 11) is 1.36. The first kappa shape index (κ1) is 16.1. The number of methoxy groups -OCH3 is 1. The van der Waals surface area contributed by atoms with Crippen LogP contribution in [0.2, 0.25) is 0 Å². The standard InChI is InChI=1S/C11H14NO3.K/c1-11(2,10(13)14-3)8-15-9-6-4-5-7-12-9;/h4,6-7H,8H2,1-3H3;/q-1;+1. The summed E-state index contributed by atoms with van der Waals surface area (Å²) >= 11 is 0. The summed E-state index contributed by atoms with van der Waals surface area (Å²) in [6.07, 6.45) is 1.51. The van der Waals surface area contributed by atoms with Crippen LogP contribution >= 0.6 is 0 Å². The Balaban J connectivity index is 0.00000225. The molecule has 0 saturated carbocycles. The fraction of sp³-hybridized carbons (Fsp3) is 0.455. The van der Waals surface area contributed by atoms with E-state index in [0.29, 0.717) is 5.88 Å². The van der Waals surface area contributed by atoms with Crippen molar-refractivity contribution in [2.24, 2.45) is 5.41 Å². The number of nitrogens with zero attached hydrogens (tertiary/aromatic N) is 1. The van der Waals surface area contributed by atoms with Crippen molar-refractivity contribution in [3.05, 3.63) is 24.4 Å². The number of ether oxygens (including phenoxy) is 2. The first-order valence-electron chi connectivity index (χ1n) is 4.59. The van der Waals surface area contributed by atoms with Gasteiger partial charge >= 0.3 is 57.4 Å². The monoisotopic (exact) mass is 247 g/mol. The molecule has 1 aromatic rings. The summed E-state index contributed by atoms with van der Waals surface area (Å²) in [5.74, 6) is 0.177. The van der Waals surface area contributed by atoms with E-state index in [4.69, 9.17) is 4.74 Å². The van der Waals surface area contributed by atoms with Crippen LogP contribution in [0.5, 0.6) is 5.88 Å². The molecule has 0 spiro atoms. The van der Waals surface area contributed by atoms with Crippen LogP contribution in [0.1, 0.15) is 13.8 Å². The van der Waals surface area contributed by atoms with Gasteiger partial charge in [-0.25, -0.2) is 12.1 Å². The zero-order valence-electron chi connectivity index (χ0n) is 10.1. The molecule has 82 valence electrons. The summed E-state index contributed by atoms with van der Waals surface area (Å²) in [6, 6.07) is 6.17. The van der Waals surface area contributed by atoms with Gasteiger partial charge in [-0.15, -0.1) is 6.07 Å². The Morgan fingerprint density at radius 2 is 2.25 bits per heavy atom.